The fourth-order valence-corrected chi connectivity index (χ4v) is 4.30. The van der Waals surface area contributed by atoms with E-state index in [-0.39, 0.29) is 5.91 Å². The lowest BCUT2D eigenvalue weighted by Crippen LogP contribution is -2.36. The summed E-state index contributed by atoms with van der Waals surface area (Å²) in [6.07, 6.45) is 3.75. The van der Waals surface area contributed by atoms with Crippen molar-refractivity contribution in [3.05, 3.63) is 57.8 Å². The van der Waals surface area contributed by atoms with Crippen LogP contribution in [0.3, 0.4) is 0 Å². The van der Waals surface area contributed by atoms with E-state index in [1.54, 1.807) is 6.20 Å². The number of carbonyl (C=O) groups excluding carboxylic acids is 1. The summed E-state index contributed by atoms with van der Waals surface area (Å²) in [7, 11) is 3.90. The monoisotopic (exact) mass is 422 g/mol. The second-order valence-corrected chi connectivity index (χ2v) is 8.29. The largest absolute Gasteiger partial charge is 0.471 e. The van der Waals surface area contributed by atoms with Gasteiger partial charge in [-0.3, -0.25) is 14.2 Å². The zero-order valence-electron chi connectivity index (χ0n) is 19.0. The van der Waals surface area contributed by atoms with Crippen LogP contribution in [0.4, 0.5) is 0 Å². The number of nitrogens with zero attached hydrogens (tertiary/aromatic N) is 6. The summed E-state index contributed by atoms with van der Waals surface area (Å²) < 4.78 is 9.68. The molecule has 0 aromatic carbocycles. The van der Waals surface area contributed by atoms with Gasteiger partial charge in [0, 0.05) is 69.2 Å². The van der Waals surface area contributed by atoms with E-state index in [4.69, 9.17) is 4.74 Å². The smallest absolute Gasteiger partial charge is 0.223 e. The first-order chi connectivity index (χ1) is 14.8. The van der Waals surface area contributed by atoms with Crippen molar-refractivity contribution in [3.63, 3.8) is 0 Å². The van der Waals surface area contributed by atoms with Gasteiger partial charge in [0.05, 0.1) is 5.69 Å². The molecule has 3 aromatic rings. The predicted molar refractivity (Wildman–Crippen MR) is 117 cm³/mol. The minimum Gasteiger partial charge on any atom is -0.471 e. The molecule has 0 saturated carbocycles. The molecule has 4 heterocycles. The highest BCUT2D eigenvalue weighted by molar-refractivity contribution is 5.77. The number of aryl methyl sites for hydroxylation is 4. The lowest BCUT2D eigenvalue weighted by Gasteiger charge is -2.28. The summed E-state index contributed by atoms with van der Waals surface area (Å²) in [5.41, 5.74) is 7.56. The van der Waals surface area contributed by atoms with Crippen LogP contribution in [0.1, 0.15) is 45.9 Å². The van der Waals surface area contributed by atoms with E-state index in [1.165, 1.54) is 11.3 Å². The number of rotatable bonds is 6. The number of aromatic nitrogens is 5. The van der Waals surface area contributed by atoms with Crippen LogP contribution in [-0.4, -0.2) is 41.9 Å². The molecular weight excluding hydrogens is 392 g/mol. The average molecular weight is 423 g/mol. The Bertz CT molecular complexity index is 1110. The molecule has 0 radical (unpaired) electrons. The number of ether oxygens (including phenoxy) is 1. The Balaban J connectivity index is 1.43. The summed E-state index contributed by atoms with van der Waals surface area (Å²) >= 11 is 0. The lowest BCUT2D eigenvalue weighted by atomic mass is 10.0. The molecule has 8 nitrogen and oxygen atoms in total. The zero-order valence-corrected chi connectivity index (χ0v) is 19.0. The summed E-state index contributed by atoms with van der Waals surface area (Å²) in [4.78, 5) is 19.2. The van der Waals surface area contributed by atoms with Crippen molar-refractivity contribution in [1.29, 1.82) is 0 Å². The average Bonchev–Trinajstić information content (AvgIpc) is 3.19. The number of pyridine rings is 1. The lowest BCUT2D eigenvalue weighted by molar-refractivity contribution is -0.132. The van der Waals surface area contributed by atoms with Crippen molar-refractivity contribution < 1.29 is 9.53 Å². The van der Waals surface area contributed by atoms with Gasteiger partial charge < -0.3 is 9.64 Å². The molecule has 164 valence electrons. The summed E-state index contributed by atoms with van der Waals surface area (Å²) in [5, 5.41) is 9.12. The molecule has 0 fully saturated rings. The maximum Gasteiger partial charge on any atom is 0.223 e. The summed E-state index contributed by atoms with van der Waals surface area (Å²) in [5.74, 6) is 0.759. The van der Waals surface area contributed by atoms with Crippen molar-refractivity contribution in [1.82, 2.24) is 29.4 Å². The van der Waals surface area contributed by atoms with Crippen LogP contribution in [0, 0.1) is 20.8 Å². The molecule has 31 heavy (non-hydrogen) atoms. The first-order valence-electron chi connectivity index (χ1n) is 10.7. The highest BCUT2D eigenvalue weighted by Crippen LogP contribution is 2.24. The molecule has 0 N–H and O–H groups in total. The van der Waals surface area contributed by atoms with Gasteiger partial charge in [-0.05, 0) is 44.4 Å². The van der Waals surface area contributed by atoms with Gasteiger partial charge in [0.2, 0.25) is 11.8 Å². The third kappa shape index (κ3) is 4.33. The van der Waals surface area contributed by atoms with Gasteiger partial charge in [0.15, 0.2) is 0 Å². The molecular formula is C23H30N6O2. The Morgan fingerprint density at radius 3 is 2.68 bits per heavy atom. The molecule has 0 unspecified atom stereocenters. The maximum absolute atomic E-state index is 13.0. The molecule has 4 rings (SSSR count). The minimum atomic E-state index is 0.171. The fraction of sp³-hybridized carbons (Fsp3) is 0.478. The number of amides is 1. The van der Waals surface area contributed by atoms with Gasteiger partial charge >= 0.3 is 0 Å². The Morgan fingerprint density at radius 2 is 1.97 bits per heavy atom. The Morgan fingerprint density at radius 1 is 1.16 bits per heavy atom. The number of hydrogen-bond acceptors (Lipinski definition) is 5. The number of carbonyl (C=O) groups is 1. The quantitative estimate of drug-likeness (QED) is 0.610. The fourth-order valence-electron chi connectivity index (χ4n) is 4.30. The number of fused-ring (bicyclic) bond motifs is 1. The SMILES string of the molecule is Cc1ccnc(OCc2nn(C)c3c2CN(C(=O)CCc2c(C)nn(C)c2C)CC3)c1. The first kappa shape index (κ1) is 21.1. The zero-order chi connectivity index (χ0) is 22.1. The molecule has 0 aliphatic carbocycles. The Kier molecular flexibility index (Phi) is 5.80. The van der Waals surface area contributed by atoms with Crippen LogP contribution in [0.15, 0.2) is 18.3 Å². The number of hydrogen-bond donors (Lipinski definition) is 0. The van der Waals surface area contributed by atoms with Gasteiger partial charge in [0.1, 0.15) is 12.3 Å². The van der Waals surface area contributed by atoms with Crippen molar-refractivity contribution in [2.75, 3.05) is 6.54 Å². The molecule has 3 aromatic heterocycles. The molecule has 0 spiro atoms. The minimum absolute atomic E-state index is 0.171. The summed E-state index contributed by atoms with van der Waals surface area (Å²) in [6, 6.07) is 3.85. The van der Waals surface area contributed by atoms with Gasteiger partial charge in [-0.25, -0.2) is 4.98 Å². The van der Waals surface area contributed by atoms with Crippen LogP contribution >= 0.6 is 0 Å². The molecule has 1 aliphatic heterocycles. The Hall–Kier alpha value is -3.16. The molecule has 0 atom stereocenters. The highest BCUT2D eigenvalue weighted by atomic mass is 16.5. The predicted octanol–water partition coefficient (Wildman–Crippen LogP) is 2.57. The van der Waals surface area contributed by atoms with Gasteiger partial charge in [-0.1, -0.05) is 0 Å². The van der Waals surface area contributed by atoms with E-state index in [0.29, 0.717) is 25.5 Å². The second kappa shape index (κ2) is 8.53. The molecule has 0 saturated heterocycles. The van der Waals surface area contributed by atoms with E-state index in [9.17, 15) is 4.79 Å². The van der Waals surface area contributed by atoms with Crippen LogP contribution in [-0.2, 0) is 44.9 Å². The van der Waals surface area contributed by atoms with E-state index in [0.717, 1.165) is 47.6 Å². The maximum atomic E-state index is 13.0. The van der Waals surface area contributed by atoms with Crippen molar-refractivity contribution in [3.8, 4) is 5.88 Å². The standard InChI is InChI=1S/C23H30N6O2/c1-15-8-10-24-22(12-15)31-14-20-19-13-29(11-9-21(19)28(5)26-20)23(30)7-6-18-16(2)25-27(4)17(18)3/h8,10,12H,6-7,9,11,13-14H2,1-5H3. The third-order valence-corrected chi connectivity index (χ3v) is 6.17. The normalized spacial score (nSPS) is 13.4. The van der Waals surface area contributed by atoms with Gasteiger partial charge in [-0.15, -0.1) is 0 Å². The third-order valence-electron chi connectivity index (χ3n) is 6.17. The van der Waals surface area contributed by atoms with Gasteiger partial charge in [0.25, 0.3) is 0 Å². The van der Waals surface area contributed by atoms with Crippen LogP contribution < -0.4 is 4.74 Å². The van der Waals surface area contributed by atoms with Crippen molar-refractivity contribution in [2.24, 2.45) is 14.1 Å². The van der Waals surface area contributed by atoms with Crippen LogP contribution in [0.25, 0.3) is 0 Å². The van der Waals surface area contributed by atoms with E-state index < -0.39 is 0 Å². The van der Waals surface area contributed by atoms with E-state index in [1.807, 2.05) is 54.3 Å². The van der Waals surface area contributed by atoms with Crippen LogP contribution in [0.5, 0.6) is 5.88 Å². The molecule has 8 heteroatoms. The van der Waals surface area contributed by atoms with Crippen molar-refractivity contribution in [2.45, 2.75) is 53.2 Å². The van der Waals surface area contributed by atoms with E-state index >= 15 is 0 Å². The first-order valence-corrected chi connectivity index (χ1v) is 10.7. The summed E-state index contributed by atoms with van der Waals surface area (Å²) in [6.45, 7) is 7.71. The van der Waals surface area contributed by atoms with Crippen molar-refractivity contribution >= 4 is 5.91 Å². The van der Waals surface area contributed by atoms with Crippen LogP contribution in [0.2, 0.25) is 0 Å². The Labute approximate surface area is 182 Å². The molecule has 0 bridgehead atoms. The highest BCUT2D eigenvalue weighted by Gasteiger charge is 2.27. The molecule has 1 amide bonds. The topological polar surface area (TPSA) is 78.1 Å². The second-order valence-electron chi connectivity index (χ2n) is 8.29. The van der Waals surface area contributed by atoms with Gasteiger partial charge in [-0.2, -0.15) is 10.2 Å². The molecule has 1 aliphatic rings. The van der Waals surface area contributed by atoms with E-state index in [2.05, 4.69) is 22.1 Å².